The Morgan fingerprint density at radius 3 is 2.47 bits per heavy atom. The fourth-order valence-electron chi connectivity index (χ4n) is 1.65. The normalized spacial score (nSPS) is 12.8. The first-order chi connectivity index (χ1) is 7.99. The number of thiophene rings is 1. The maximum Gasteiger partial charge on any atom is 0.0749 e. The second-order valence-electron chi connectivity index (χ2n) is 3.94. The van der Waals surface area contributed by atoms with Crippen LogP contribution in [0.3, 0.4) is 0 Å². The van der Waals surface area contributed by atoms with Crippen LogP contribution in [0.2, 0.25) is 5.02 Å². The quantitative estimate of drug-likeness (QED) is 0.527. The van der Waals surface area contributed by atoms with Crippen LogP contribution in [-0.4, -0.2) is 0 Å². The second-order valence-corrected chi connectivity index (χ2v) is 7.41. The van der Waals surface area contributed by atoms with E-state index >= 15 is 0 Å². The molecule has 17 heavy (non-hydrogen) atoms. The Balaban J connectivity index is 2.40. The van der Waals surface area contributed by atoms with Crippen molar-refractivity contribution in [3.8, 4) is 0 Å². The van der Waals surface area contributed by atoms with Crippen LogP contribution in [0, 0.1) is 13.8 Å². The van der Waals surface area contributed by atoms with Gasteiger partial charge in [-0.15, -0.1) is 11.3 Å². The fraction of sp³-hybridized carbons (Fsp3) is 0.231. The predicted molar refractivity (Wildman–Crippen MR) is 83.7 cm³/mol. The number of hydrogen-bond donors (Lipinski definition) is 0. The molecule has 1 aromatic carbocycles. The van der Waals surface area contributed by atoms with Gasteiger partial charge in [-0.2, -0.15) is 0 Å². The van der Waals surface area contributed by atoms with E-state index in [4.69, 9.17) is 11.6 Å². The topological polar surface area (TPSA) is 0 Å². The molecule has 1 aromatic heterocycles. The zero-order valence-electron chi connectivity index (χ0n) is 9.43. The molecule has 0 aliphatic rings. The van der Waals surface area contributed by atoms with Crippen LogP contribution in [-0.2, 0) is 0 Å². The molecule has 0 fully saturated rings. The molecule has 90 valence electrons. The zero-order valence-corrected chi connectivity index (χ0v) is 14.2. The molecule has 1 atom stereocenters. The minimum atomic E-state index is 0.214. The number of benzene rings is 1. The van der Waals surface area contributed by atoms with Crippen molar-refractivity contribution >= 4 is 54.8 Å². The van der Waals surface area contributed by atoms with Crippen molar-refractivity contribution in [2.45, 2.75) is 18.7 Å². The molecule has 1 heterocycles. The lowest BCUT2D eigenvalue weighted by atomic mass is 10.1. The molecule has 0 saturated heterocycles. The molecule has 0 nitrogen and oxygen atoms in total. The molecule has 0 saturated carbocycles. The van der Waals surface area contributed by atoms with Crippen LogP contribution >= 0.6 is 54.8 Å². The summed E-state index contributed by atoms with van der Waals surface area (Å²) in [5.41, 5.74) is 2.34. The van der Waals surface area contributed by atoms with Gasteiger partial charge < -0.3 is 0 Å². The monoisotopic (exact) mass is 392 g/mol. The average molecular weight is 395 g/mol. The SMILES string of the molecule is Cc1cc(Br)c(C(Br)c2ccc(Cl)c(C)c2)s1. The van der Waals surface area contributed by atoms with Crippen LogP contribution in [0.1, 0.15) is 25.7 Å². The van der Waals surface area contributed by atoms with E-state index < -0.39 is 0 Å². The van der Waals surface area contributed by atoms with Crippen molar-refractivity contribution < 1.29 is 0 Å². The summed E-state index contributed by atoms with van der Waals surface area (Å²) in [6, 6.07) is 8.30. The van der Waals surface area contributed by atoms with E-state index in [1.165, 1.54) is 15.3 Å². The third kappa shape index (κ3) is 2.95. The summed E-state index contributed by atoms with van der Waals surface area (Å²) >= 11 is 15.2. The zero-order chi connectivity index (χ0) is 12.6. The number of halogens is 3. The first-order valence-corrected chi connectivity index (χ1v) is 8.05. The van der Waals surface area contributed by atoms with Crippen LogP contribution < -0.4 is 0 Å². The highest BCUT2D eigenvalue weighted by Gasteiger charge is 2.16. The van der Waals surface area contributed by atoms with E-state index in [0.717, 1.165) is 15.1 Å². The summed E-state index contributed by atoms with van der Waals surface area (Å²) in [7, 11) is 0. The summed E-state index contributed by atoms with van der Waals surface area (Å²) in [5.74, 6) is 0. The van der Waals surface area contributed by atoms with E-state index in [9.17, 15) is 0 Å². The van der Waals surface area contributed by atoms with Gasteiger partial charge in [0.2, 0.25) is 0 Å². The largest absolute Gasteiger partial charge is 0.143 e. The van der Waals surface area contributed by atoms with E-state index in [2.05, 4.69) is 57.0 Å². The van der Waals surface area contributed by atoms with E-state index in [0.29, 0.717) is 0 Å². The average Bonchev–Trinajstić information content (AvgIpc) is 2.61. The van der Waals surface area contributed by atoms with Crippen LogP contribution in [0.15, 0.2) is 28.7 Å². The third-order valence-corrected chi connectivity index (χ3v) is 6.29. The standard InChI is InChI=1S/C13H11Br2ClS/c1-7-5-9(3-4-11(7)16)12(15)13-10(14)6-8(2)17-13/h3-6,12H,1-2H3. The second kappa shape index (κ2) is 5.43. The van der Waals surface area contributed by atoms with Crippen molar-refractivity contribution in [3.05, 3.63) is 54.6 Å². The summed E-state index contributed by atoms with van der Waals surface area (Å²) in [5, 5.41) is 0.815. The van der Waals surface area contributed by atoms with Gasteiger partial charge in [0, 0.05) is 19.2 Å². The predicted octanol–water partition coefficient (Wildman–Crippen LogP) is 6.27. The summed E-state index contributed by atoms with van der Waals surface area (Å²) in [4.78, 5) is 2.82. The van der Waals surface area contributed by atoms with Gasteiger partial charge in [0.15, 0.2) is 0 Å². The lowest BCUT2D eigenvalue weighted by molar-refractivity contribution is 1.20. The van der Waals surface area contributed by atoms with Gasteiger partial charge in [-0.25, -0.2) is 0 Å². The molecule has 2 rings (SSSR count). The van der Waals surface area contributed by atoms with E-state index in [1.807, 2.05) is 13.0 Å². The Morgan fingerprint density at radius 2 is 1.94 bits per heavy atom. The van der Waals surface area contributed by atoms with Crippen molar-refractivity contribution in [2.75, 3.05) is 0 Å². The Labute approximate surface area is 127 Å². The van der Waals surface area contributed by atoms with Gasteiger partial charge in [0.05, 0.1) is 4.83 Å². The van der Waals surface area contributed by atoms with Crippen molar-refractivity contribution in [2.24, 2.45) is 0 Å². The summed E-state index contributed by atoms with van der Waals surface area (Å²) in [6.07, 6.45) is 0. The molecule has 0 N–H and O–H groups in total. The van der Waals surface area contributed by atoms with Gasteiger partial charge in [0.25, 0.3) is 0 Å². The fourth-order valence-corrected chi connectivity index (χ4v) is 4.77. The molecule has 0 aliphatic heterocycles. The van der Waals surface area contributed by atoms with E-state index in [1.54, 1.807) is 11.3 Å². The minimum Gasteiger partial charge on any atom is -0.143 e. The van der Waals surface area contributed by atoms with Crippen molar-refractivity contribution in [3.63, 3.8) is 0 Å². The molecular weight excluding hydrogens is 383 g/mol. The van der Waals surface area contributed by atoms with Gasteiger partial charge in [-0.3, -0.25) is 0 Å². The Hall–Kier alpha value is 0.170. The number of aryl methyl sites for hydroxylation is 2. The maximum absolute atomic E-state index is 6.04. The Bertz CT molecular complexity index is 548. The van der Waals surface area contributed by atoms with E-state index in [-0.39, 0.29) is 4.83 Å². The van der Waals surface area contributed by atoms with Gasteiger partial charge in [-0.05, 0) is 53.0 Å². The molecular formula is C13H11Br2ClS. The Morgan fingerprint density at radius 1 is 1.24 bits per heavy atom. The molecule has 2 aromatic rings. The highest BCUT2D eigenvalue weighted by Crippen LogP contribution is 2.41. The molecule has 0 aliphatic carbocycles. The summed E-state index contributed by atoms with van der Waals surface area (Å²) < 4.78 is 1.16. The lowest BCUT2D eigenvalue weighted by Crippen LogP contribution is -1.91. The van der Waals surface area contributed by atoms with Crippen LogP contribution in [0.5, 0.6) is 0 Å². The molecule has 4 heteroatoms. The molecule has 0 radical (unpaired) electrons. The third-order valence-electron chi connectivity index (χ3n) is 2.54. The van der Waals surface area contributed by atoms with Crippen molar-refractivity contribution in [1.82, 2.24) is 0 Å². The molecule has 0 spiro atoms. The molecule has 1 unspecified atom stereocenters. The minimum absolute atomic E-state index is 0.214. The first kappa shape index (κ1) is 13.6. The highest BCUT2D eigenvalue weighted by atomic mass is 79.9. The number of hydrogen-bond acceptors (Lipinski definition) is 1. The summed E-state index contributed by atoms with van der Waals surface area (Å²) in [6.45, 7) is 4.14. The maximum atomic E-state index is 6.04. The molecule has 0 amide bonds. The first-order valence-electron chi connectivity index (χ1n) is 5.15. The molecule has 0 bridgehead atoms. The van der Waals surface area contributed by atoms with Gasteiger partial charge >= 0.3 is 0 Å². The van der Waals surface area contributed by atoms with Crippen molar-refractivity contribution in [1.29, 1.82) is 0 Å². The number of alkyl halides is 1. The highest BCUT2D eigenvalue weighted by molar-refractivity contribution is 9.11. The number of rotatable bonds is 2. The smallest absolute Gasteiger partial charge is 0.0749 e. The van der Waals surface area contributed by atoms with Crippen LogP contribution in [0.4, 0.5) is 0 Å². The van der Waals surface area contributed by atoms with Crippen LogP contribution in [0.25, 0.3) is 0 Å². The lowest BCUT2D eigenvalue weighted by Gasteiger charge is -2.10. The van der Waals surface area contributed by atoms with Gasteiger partial charge in [0.1, 0.15) is 0 Å². The Kier molecular flexibility index (Phi) is 4.35. The van der Waals surface area contributed by atoms with Gasteiger partial charge in [-0.1, -0.05) is 39.7 Å².